The number of ether oxygens (including phenoxy) is 1. The van der Waals surface area contributed by atoms with Crippen LogP contribution in [0.5, 0.6) is 0 Å². The number of carboxylic acids is 1. The van der Waals surface area contributed by atoms with Crippen LogP contribution in [0, 0.1) is 0 Å². The standard InChI is InChI=1S/C40H68O4/c1-3-5-7-9-11-13-15-16-17-18-19-20-22-24-26-28-33-37-40(43)44-38(35-31-29-32-36-39(41)42)34-30-27-25-23-21-14-12-10-8-6-4-2/h5,7,11,13,16-17,19-20,24,26,38H,3-4,6,8-10,12,14-15,18,21-23,25,27-37H2,1-2H3,(H,41,42)/b7-5-,13-11-,17-16-,20-19-,26-24-. The zero-order valence-corrected chi connectivity index (χ0v) is 28.7. The van der Waals surface area contributed by atoms with Crippen molar-refractivity contribution >= 4 is 11.9 Å². The van der Waals surface area contributed by atoms with Crippen molar-refractivity contribution in [1.29, 1.82) is 0 Å². The van der Waals surface area contributed by atoms with Gasteiger partial charge in [0.2, 0.25) is 0 Å². The van der Waals surface area contributed by atoms with Gasteiger partial charge >= 0.3 is 11.9 Å². The van der Waals surface area contributed by atoms with Crippen molar-refractivity contribution in [2.45, 2.75) is 180 Å². The molecule has 0 spiro atoms. The number of carbonyl (C=O) groups excluding carboxylic acids is 1. The second-order valence-electron chi connectivity index (χ2n) is 12.0. The van der Waals surface area contributed by atoms with Crippen LogP contribution >= 0.6 is 0 Å². The molecule has 1 unspecified atom stereocenters. The molecule has 44 heavy (non-hydrogen) atoms. The van der Waals surface area contributed by atoms with Crippen LogP contribution in [0.25, 0.3) is 0 Å². The lowest BCUT2D eigenvalue weighted by Crippen LogP contribution is -2.18. The molecule has 0 radical (unpaired) electrons. The molecule has 0 amide bonds. The Morgan fingerprint density at radius 1 is 0.523 bits per heavy atom. The molecule has 4 nitrogen and oxygen atoms in total. The van der Waals surface area contributed by atoms with E-state index in [1.54, 1.807) is 0 Å². The molecule has 0 aromatic carbocycles. The lowest BCUT2D eigenvalue weighted by atomic mass is 10.0. The number of esters is 1. The molecule has 0 aromatic heterocycles. The van der Waals surface area contributed by atoms with Crippen molar-refractivity contribution in [1.82, 2.24) is 0 Å². The van der Waals surface area contributed by atoms with Gasteiger partial charge in [-0.25, -0.2) is 0 Å². The van der Waals surface area contributed by atoms with E-state index in [2.05, 4.69) is 74.6 Å². The molecular weight excluding hydrogens is 544 g/mol. The predicted octanol–water partition coefficient (Wildman–Crippen LogP) is 12.6. The highest BCUT2D eigenvalue weighted by atomic mass is 16.5. The predicted molar refractivity (Wildman–Crippen MR) is 190 cm³/mol. The molecule has 4 heteroatoms. The summed E-state index contributed by atoms with van der Waals surface area (Å²) in [4.78, 5) is 23.3. The Hall–Kier alpha value is -2.36. The smallest absolute Gasteiger partial charge is 0.306 e. The first-order valence-electron chi connectivity index (χ1n) is 18.3. The molecule has 1 atom stereocenters. The van der Waals surface area contributed by atoms with Gasteiger partial charge in [0.25, 0.3) is 0 Å². The van der Waals surface area contributed by atoms with Gasteiger partial charge in [-0.05, 0) is 77.0 Å². The Morgan fingerprint density at radius 2 is 0.955 bits per heavy atom. The van der Waals surface area contributed by atoms with E-state index < -0.39 is 5.97 Å². The van der Waals surface area contributed by atoms with E-state index in [1.807, 2.05) is 0 Å². The monoisotopic (exact) mass is 613 g/mol. The van der Waals surface area contributed by atoms with E-state index >= 15 is 0 Å². The van der Waals surface area contributed by atoms with Gasteiger partial charge in [-0.1, -0.05) is 145 Å². The number of hydrogen-bond donors (Lipinski definition) is 1. The highest BCUT2D eigenvalue weighted by molar-refractivity contribution is 5.69. The van der Waals surface area contributed by atoms with Gasteiger partial charge in [-0.2, -0.15) is 0 Å². The number of hydrogen-bond acceptors (Lipinski definition) is 3. The van der Waals surface area contributed by atoms with Crippen molar-refractivity contribution in [3.05, 3.63) is 60.8 Å². The Kier molecular flexibility index (Phi) is 33.2. The highest BCUT2D eigenvalue weighted by Gasteiger charge is 2.14. The van der Waals surface area contributed by atoms with Gasteiger partial charge in [0.1, 0.15) is 6.10 Å². The van der Waals surface area contributed by atoms with E-state index in [4.69, 9.17) is 9.84 Å². The fourth-order valence-electron chi connectivity index (χ4n) is 5.10. The summed E-state index contributed by atoms with van der Waals surface area (Å²) in [5.41, 5.74) is 0. The normalized spacial score (nSPS) is 13.0. The summed E-state index contributed by atoms with van der Waals surface area (Å²) in [6.07, 6.45) is 48.0. The average molecular weight is 613 g/mol. The second-order valence-corrected chi connectivity index (χ2v) is 12.0. The maximum absolute atomic E-state index is 12.5. The number of allylic oxidation sites excluding steroid dienone is 10. The molecule has 0 aliphatic carbocycles. The lowest BCUT2D eigenvalue weighted by Gasteiger charge is -2.18. The molecule has 0 saturated carbocycles. The Balaban J connectivity index is 4.10. The molecule has 0 aromatic rings. The maximum Gasteiger partial charge on any atom is 0.306 e. The van der Waals surface area contributed by atoms with Crippen LogP contribution in [-0.4, -0.2) is 23.1 Å². The fourth-order valence-corrected chi connectivity index (χ4v) is 5.10. The molecule has 0 rings (SSSR count). The minimum absolute atomic E-state index is 0.0282. The van der Waals surface area contributed by atoms with Gasteiger partial charge in [0.15, 0.2) is 0 Å². The van der Waals surface area contributed by atoms with Gasteiger partial charge < -0.3 is 9.84 Å². The van der Waals surface area contributed by atoms with Crippen LogP contribution in [0.1, 0.15) is 174 Å². The SMILES string of the molecule is CC/C=C\C/C=C\C/C=C\C/C=C\C/C=C\CCCC(=O)OC(CCCCCCCCCCCCC)CCCCCC(=O)O. The third kappa shape index (κ3) is 34.1. The van der Waals surface area contributed by atoms with Crippen molar-refractivity contribution < 1.29 is 19.4 Å². The quantitative estimate of drug-likeness (QED) is 0.0466. The Bertz CT molecular complexity index is 789. The third-order valence-corrected chi connectivity index (χ3v) is 7.75. The summed E-state index contributed by atoms with van der Waals surface area (Å²) >= 11 is 0. The number of unbranched alkanes of at least 4 members (excludes halogenated alkanes) is 13. The molecule has 252 valence electrons. The van der Waals surface area contributed by atoms with Crippen LogP contribution in [-0.2, 0) is 14.3 Å². The van der Waals surface area contributed by atoms with Gasteiger partial charge in [-0.3, -0.25) is 9.59 Å². The fraction of sp³-hybridized carbons (Fsp3) is 0.700. The van der Waals surface area contributed by atoms with E-state index in [-0.39, 0.29) is 18.5 Å². The third-order valence-electron chi connectivity index (χ3n) is 7.75. The van der Waals surface area contributed by atoms with E-state index in [0.717, 1.165) is 77.0 Å². The lowest BCUT2D eigenvalue weighted by molar-refractivity contribution is -0.150. The molecule has 0 fully saturated rings. The van der Waals surface area contributed by atoms with Crippen molar-refractivity contribution in [3.8, 4) is 0 Å². The summed E-state index contributed by atoms with van der Waals surface area (Å²) in [5, 5.41) is 8.87. The van der Waals surface area contributed by atoms with Crippen LogP contribution in [0.2, 0.25) is 0 Å². The van der Waals surface area contributed by atoms with Gasteiger partial charge in [-0.15, -0.1) is 0 Å². The van der Waals surface area contributed by atoms with Crippen LogP contribution in [0.4, 0.5) is 0 Å². The average Bonchev–Trinajstić information content (AvgIpc) is 3.00. The van der Waals surface area contributed by atoms with Crippen LogP contribution in [0.15, 0.2) is 60.8 Å². The summed E-state index contributed by atoms with van der Waals surface area (Å²) in [7, 11) is 0. The zero-order valence-electron chi connectivity index (χ0n) is 28.7. The number of rotatable bonds is 32. The summed E-state index contributed by atoms with van der Waals surface area (Å²) in [6.45, 7) is 4.42. The van der Waals surface area contributed by atoms with E-state index in [0.29, 0.717) is 12.8 Å². The van der Waals surface area contributed by atoms with Crippen LogP contribution in [0.3, 0.4) is 0 Å². The minimum Gasteiger partial charge on any atom is -0.481 e. The molecule has 0 heterocycles. The first-order chi connectivity index (χ1) is 21.6. The first kappa shape index (κ1) is 41.6. The largest absolute Gasteiger partial charge is 0.481 e. The van der Waals surface area contributed by atoms with Crippen molar-refractivity contribution in [3.63, 3.8) is 0 Å². The summed E-state index contributed by atoms with van der Waals surface area (Å²) < 4.78 is 5.89. The highest BCUT2D eigenvalue weighted by Crippen LogP contribution is 2.18. The molecular formula is C40H68O4. The number of carbonyl (C=O) groups is 2. The Morgan fingerprint density at radius 3 is 1.43 bits per heavy atom. The Labute approximate surface area is 272 Å². The van der Waals surface area contributed by atoms with Crippen molar-refractivity contribution in [2.24, 2.45) is 0 Å². The summed E-state index contributed by atoms with van der Waals surface area (Å²) in [5.74, 6) is -0.822. The van der Waals surface area contributed by atoms with E-state index in [1.165, 1.54) is 64.2 Å². The van der Waals surface area contributed by atoms with Gasteiger partial charge in [0.05, 0.1) is 0 Å². The van der Waals surface area contributed by atoms with E-state index in [9.17, 15) is 9.59 Å². The van der Waals surface area contributed by atoms with Gasteiger partial charge in [0, 0.05) is 12.8 Å². The molecule has 0 bridgehead atoms. The van der Waals surface area contributed by atoms with Crippen molar-refractivity contribution in [2.75, 3.05) is 0 Å². The molecule has 1 N–H and O–H groups in total. The second kappa shape index (κ2) is 35.1. The minimum atomic E-state index is -0.735. The number of carboxylic acid groups (broad SMARTS) is 1. The zero-order chi connectivity index (χ0) is 32.2. The molecule has 0 saturated heterocycles. The number of aliphatic carboxylic acids is 1. The first-order valence-corrected chi connectivity index (χ1v) is 18.3. The molecule has 0 aliphatic heterocycles. The topological polar surface area (TPSA) is 63.6 Å². The van der Waals surface area contributed by atoms with Crippen LogP contribution < -0.4 is 0 Å². The maximum atomic E-state index is 12.5. The molecule has 0 aliphatic rings. The summed E-state index contributed by atoms with van der Waals surface area (Å²) in [6, 6.07) is 0.